The summed E-state index contributed by atoms with van der Waals surface area (Å²) in [5, 5.41) is 0. The molecule has 0 aliphatic carbocycles. The molecule has 21 heavy (non-hydrogen) atoms. The molecule has 0 saturated heterocycles. The molecule has 3 nitrogen and oxygen atoms in total. The summed E-state index contributed by atoms with van der Waals surface area (Å²) in [7, 11) is 0. The van der Waals surface area contributed by atoms with Crippen molar-refractivity contribution in [1.29, 1.82) is 0 Å². The van der Waals surface area contributed by atoms with Crippen LogP contribution < -0.4 is 4.90 Å². The van der Waals surface area contributed by atoms with E-state index in [0.29, 0.717) is 12.2 Å². The highest BCUT2D eigenvalue weighted by Gasteiger charge is 2.24. The first-order chi connectivity index (χ1) is 10.1. The van der Waals surface area contributed by atoms with Crippen LogP contribution in [0.3, 0.4) is 0 Å². The van der Waals surface area contributed by atoms with E-state index in [4.69, 9.17) is 0 Å². The van der Waals surface area contributed by atoms with Gasteiger partial charge in [-0.1, -0.05) is 0 Å². The number of rotatable bonds is 1. The number of amides is 1. The number of nitrogens with zero attached hydrogens (tertiary/aromatic N) is 2. The lowest BCUT2D eigenvalue weighted by Crippen LogP contribution is -2.32. The summed E-state index contributed by atoms with van der Waals surface area (Å²) in [4.78, 5) is 18.7. The van der Waals surface area contributed by atoms with E-state index in [0.717, 1.165) is 23.3 Å². The fourth-order valence-corrected chi connectivity index (χ4v) is 3.17. The van der Waals surface area contributed by atoms with Gasteiger partial charge in [0.1, 0.15) is 17.3 Å². The first kappa shape index (κ1) is 14.0. The van der Waals surface area contributed by atoms with Crippen LogP contribution in [-0.2, 0) is 0 Å². The minimum Gasteiger partial charge on any atom is -0.306 e. The largest absolute Gasteiger partial charge is 0.306 e. The summed E-state index contributed by atoms with van der Waals surface area (Å²) < 4.78 is 26.4. The first-order valence-electron chi connectivity index (χ1n) is 6.51. The van der Waals surface area contributed by atoms with E-state index in [-0.39, 0.29) is 17.4 Å². The molecule has 2 heterocycles. The number of aromatic nitrogens is 1. The monoisotopic (exact) mass is 306 g/mol. The number of carbonyl (C=O) groups is 1. The molecule has 1 aliphatic heterocycles. The normalized spacial score (nSPS) is 14.5. The summed E-state index contributed by atoms with van der Waals surface area (Å²) in [5.74, 6) is -0.367. The Hall–Kier alpha value is -1.95. The van der Waals surface area contributed by atoms with E-state index < -0.39 is 5.82 Å². The van der Waals surface area contributed by atoms with E-state index >= 15 is 0 Å². The molecule has 1 aliphatic rings. The van der Waals surface area contributed by atoms with Gasteiger partial charge >= 0.3 is 0 Å². The van der Waals surface area contributed by atoms with Crippen molar-refractivity contribution in [1.82, 2.24) is 4.98 Å². The average Bonchev–Trinajstić information content (AvgIpc) is 2.69. The highest BCUT2D eigenvalue weighted by atomic mass is 32.2. The lowest BCUT2D eigenvalue weighted by atomic mass is 10.2. The van der Waals surface area contributed by atoms with E-state index in [2.05, 4.69) is 4.98 Å². The van der Waals surface area contributed by atoms with E-state index in [1.807, 2.05) is 0 Å². The molecule has 1 aromatic heterocycles. The Labute approximate surface area is 125 Å². The molecular weight excluding hydrogens is 294 g/mol. The number of anilines is 1. The molecular formula is C15H12F2N2OS. The molecule has 0 fully saturated rings. The van der Waals surface area contributed by atoms with Gasteiger partial charge in [0.15, 0.2) is 0 Å². The molecule has 0 saturated carbocycles. The predicted molar refractivity (Wildman–Crippen MR) is 77.6 cm³/mol. The van der Waals surface area contributed by atoms with Crippen molar-refractivity contribution in [2.45, 2.75) is 11.3 Å². The van der Waals surface area contributed by atoms with Crippen LogP contribution >= 0.6 is 11.8 Å². The molecule has 0 radical (unpaired) electrons. The van der Waals surface area contributed by atoms with Gasteiger partial charge in [-0.25, -0.2) is 13.8 Å². The van der Waals surface area contributed by atoms with Crippen LogP contribution in [0.1, 0.15) is 16.9 Å². The van der Waals surface area contributed by atoms with Crippen molar-refractivity contribution in [2.75, 3.05) is 17.2 Å². The van der Waals surface area contributed by atoms with Crippen molar-refractivity contribution in [2.24, 2.45) is 0 Å². The summed E-state index contributed by atoms with van der Waals surface area (Å²) >= 11 is 1.60. The molecule has 0 bridgehead atoms. The number of thioether (sulfide) groups is 1. The maximum absolute atomic E-state index is 13.5. The maximum Gasteiger partial charge on any atom is 0.276 e. The van der Waals surface area contributed by atoms with E-state index in [1.54, 1.807) is 17.8 Å². The zero-order valence-electron chi connectivity index (χ0n) is 11.1. The minimum absolute atomic E-state index is 0.151. The van der Waals surface area contributed by atoms with Gasteiger partial charge in [0.2, 0.25) is 0 Å². The molecule has 3 rings (SSSR count). The van der Waals surface area contributed by atoms with Crippen molar-refractivity contribution < 1.29 is 13.6 Å². The molecule has 6 heteroatoms. The van der Waals surface area contributed by atoms with E-state index in [1.165, 1.54) is 29.2 Å². The number of hydrogen-bond donors (Lipinski definition) is 0. The predicted octanol–water partition coefficient (Wildman–Crippen LogP) is 3.50. The average molecular weight is 306 g/mol. The van der Waals surface area contributed by atoms with Gasteiger partial charge in [0.25, 0.3) is 5.91 Å². The summed E-state index contributed by atoms with van der Waals surface area (Å²) in [6.45, 7) is 0.487. The van der Waals surface area contributed by atoms with Crippen LogP contribution in [0.4, 0.5) is 14.5 Å². The maximum atomic E-state index is 13.5. The summed E-state index contributed by atoms with van der Waals surface area (Å²) in [6.07, 6.45) is 1.81. The van der Waals surface area contributed by atoms with Gasteiger partial charge in [-0.2, -0.15) is 0 Å². The fraction of sp³-hybridized carbons (Fsp3) is 0.200. The first-order valence-corrected chi connectivity index (χ1v) is 7.49. The number of hydrogen-bond acceptors (Lipinski definition) is 3. The quantitative estimate of drug-likeness (QED) is 0.808. The van der Waals surface area contributed by atoms with Gasteiger partial charge in [-0.15, -0.1) is 11.8 Å². The third kappa shape index (κ3) is 2.90. The third-order valence-corrected chi connectivity index (χ3v) is 4.34. The number of pyridine rings is 1. The molecule has 0 spiro atoms. The van der Waals surface area contributed by atoms with Crippen molar-refractivity contribution >= 4 is 23.4 Å². The third-order valence-electron chi connectivity index (χ3n) is 3.19. The minimum atomic E-state index is -0.496. The van der Waals surface area contributed by atoms with Gasteiger partial charge < -0.3 is 4.90 Å². The molecule has 0 unspecified atom stereocenters. The smallest absolute Gasteiger partial charge is 0.276 e. The SMILES string of the molecule is O=C(c1ccc(F)cn1)N1CCCSc2ccc(F)cc21. The van der Waals surface area contributed by atoms with E-state index in [9.17, 15) is 13.6 Å². The van der Waals surface area contributed by atoms with Crippen LogP contribution in [-0.4, -0.2) is 23.2 Å². The molecule has 0 atom stereocenters. The summed E-state index contributed by atoms with van der Waals surface area (Å²) in [5.41, 5.74) is 0.701. The van der Waals surface area contributed by atoms with Crippen LogP contribution in [0.2, 0.25) is 0 Å². The zero-order chi connectivity index (χ0) is 14.8. The highest BCUT2D eigenvalue weighted by molar-refractivity contribution is 7.99. The Morgan fingerprint density at radius 3 is 2.76 bits per heavy atom. The van der Waals surface area contributed by atoms with Gasteiger partial charge in [0, 0.05) is 11.4 Å². The Balaban J connectivity index is 2.00. The second kappa shape index (κ2) is 5.81. The molecule has 108 valence electrons. The standard InChI is InChI=1S/C15H12F2N2OS/c16-10-3-5-14-13(8-10)19(6-1-7-21-14)15(20)12-4-2-11(17)9-18-12/h2-5,8-9H,1,6-7H2. The lowest BCUT2D eigenvalue weighted by Gasteiger charge is -2.22. The summed E-state index contributed by atoms with van der Waals surface area (Å²) in [6, 6.07) is 6.96. The topological polar surface area (TPSA) is 33.2 Å². The Morgan fingerprint density at radius 1 is 1.19 bits per heavy atom. The highest BCUT2D eigenvalue weighted by Crippen LogP contribution is 2.35. The van der Waals surface area contributed by atoms with Crippen molar-refractivity contribution in [3.63, 3.8) is 0 Å². The number of carbonyl (C=O) groups excluding carboxylic acids is 1. The van der Waals surface area contributed by atoms with Crippen LogP contribution in [0.15, 0.2) is 41.4 Å². The zero-order valence-corrected chi connectivity index (χ0v) is 11.9. The van der Waals surface area contributed by atoms with Gasteiger partial charge in [0.05, 0.1) is 11.9 Å². The molecule has 0 N–H and O–H groups in total. The molecule has 2 aromatic rings. The Kier molecular flexibility index (Phi) is 3.88. The van der Waals surface area contributed by atoms with Crippen molar-refractivity contribution in [3.05, 3.63) is 53.9 Å². The van der Waals surface area contributed by atoms with Crippen molar-refractivity contribution in [3.8, 4) is 0 Å². The van der Waals surface area contributed by atoms with Crippen LogP contribution in [0.25, 0.3) is 0 Å². The lowest BCUT2D eigenvalue weighted by molar-refractivity contribution is 0.0982. The number of halogens is 2. The number of fused-ring (bicyclic) bond motifs is 1. The van der Waals surface area contributed by atoms with Gasteiger partial charge in [-0.3, -0.25) is 4.79 Å². The van der Waals surface area contributed by atoms with Gasteiger partial charge in [-0.05, 0) is 42.5 Å². The van der Waals surface area contributed by atoms with Crippen LogP contribution in [0, 0.1) is 11.6 Å². The number of benzene rings is 1. The Morgan fingerprint density at radius 2 is 2.00 bits per heavy atom. The molecule has 1 aromatic carbocycles. The molecule has 1 amide bonds. The fourth-order valence-electron chi connectivity index (χ4n) is 2.20. The second-order valence-electron chi connectivity index (χ2n) is 4.63. The van der Waals surface area contributed by atoms with Crippen LogP contribution in [0.5, 0.6) is 0 Å². The second-order valence-corrected chi connectivity index (χ2v) is 5.77. The Bertz CT molecular complexity index is 676.